The van der Waals surface area contributed by atoms with Gasteiger partial charge in [-0.05, 0) is 50.5 Å². The fourth-order valence-electron chi connectivity index (χ4n) is 3.40. The Kier molecular flexibility index (Phi) is 5.70. The molecule has 0 radical (unpaired) electrons. The van der Waals surface area contributed by atoms with Crippen LogP contribution in [0.4, 0.5) is 0 Å². The molecule has 0 spiro atoms. The molecule has 1 aliphatic heterocycles. The topological polar surface area (TPSA) is 15.3 Å². The highest BCUT2D eigenvalue weighted by atomic mass is 15.2. The van der Waals surface area contributed by atoms with Crippen LogP contribution in [-0.4, -0.2) is 36.6 Å². The van der Waals surface area contributed by atoms with E-state index in [1.54, 1.807) is 0 Å². The minimum Gasteiger partial charge on any atom is -0.312 e. The lowest BCUT2D eigenvalue weighted by atomic mass is 9.88. The van der Waals surface area contributed by atoms with Crippen molar-refractivity contribution >= 4 is 0 Å². The van der Waals surface area contributed by atoms with Crippen LogP contribution in [-0.2, 0) is 0 Å². The molecule has 1 heterocycles. The predicted molar refractivity (Wildman–Crippen MR) is 83.4 cm³/mol. The molecule has 1 aliphatic carbocycles. The summed E-state index contributed by atoms with van der Waals surface area (Å²) >= 11 is 0. The van der Waals surface area contributed by atoms with Crippen LogP contribution in [0.2, 0.25) is 0 Å². The van der Waals surface area contributed by atoms with Gasteiger partial charge in [0.2, 0.25) is 0 Å². The summed E-state index contributed by atoms with van der Waals surface area (Å²) in [6, 6.07) is 1.49. The van der Waals surface area contributed by atoms with Gasteiger partial charge in [-0.2, -0.15) is 0 Å². The Bertz CT molecular complexity index is 260. The minimum atomic E-state index is 0.730. The molecule has 3 unspecified atom stereocenters. The number of hydrogen-bond acceptors (Lipinski definition) is 2. The predicted octanol–water partition coefficient (Wildman–Crippen LogP) is 3.52. The summed E-state index contributed by atoms with van der Waals surface area (Å²) in [4.78, 5) is 2.74. The van der Waals surface area contributed by atoms with Crippen LogP contribution in [0, 0.1) is 17.8 Å². The summed E-state index contributed by atoms with van der Waals surface area (Å²) in [6.07, 6.45) is 7.20. The smallest absolute Gasteiger partial charge is 0.0198 e. The summed E-state index contributed by atoms with van der Waals surface area (Å²) in [5, 5.41) is 3.81. The van der Waals surface area contributed by atoms with Gasteiger partial charge in [0.15, 0.2) is 0 Å². The summed E-state index contributed by atoms with van der Waals surface area (Å²) in [6.45, 7) is 13.1. The quantitative estimate of drug-likeness (QED) is 0.758. The average Bonchev–Trinajstić information content (AvgIpc) is 3.19. The first-order valence-corrected chi connectivity index (χ1v) is 8.55. The fourth-order valence-corrected chi connectivity index (χ4v) is 3.40. The second-order valence-electron chi connectivity index (χ2n) is 7.49. The van der Waals surface area contributed by atoms with Crippen molar-refractivity contribution in [3.8, 4) is 0 Å². The van der Waals surface area contributed by atoms with Gasteiger partial charge >= 0.3 is 0 Å². The van der Waals surface area contributed by atoms with Crippen LogP contribution in [0.25, 0.3) is 0 Å². The first kappa shape index (κ1) is 15.3. The zero-order valence-electron chi connectivity index (χ0n) is 13.5. The van der Waals surface area contributed by atoms with E-state index in [0.29, 0.717) is 0 Å². The summed E-state index contributed by atoms with van der Waals surface area (Å²) in [5.74, 6) is 2.79. The van der Waals surface area contributed by atoms with E-state index in [0.717, 1.165) is 29.8 Å². The molecule has 0 aromatic heterocycles. The number of hydrogen-bond donors (Lipinski definition) is 1. The van der Waals surface area contributed by atoms with Crippen molar-refractivity contribution < 1.29 is 0 Å². The van der Waals surface area contributed by atoms with Gasteiger partial charge in [-0.25, -0.2) is 0 Å². The SMILES string of the molecule is CCC(C)N1CC(CC2CC2)CC(NCC(C)C)C1. The van der Waals surface area contributed by atoms with E-state index in [1.807, 2.05) is 0 Å². The Balaban J connectivity index is 1.86. The second kappa shape index (κ2) is 7.08. The molecule has 19 heavy (non-hydrogen) atoms. The molecule has 1 saturated carbocycles. The van der Waals surface area contributed by atoms with Gasteiger partial charge in [-0.1, -0.05) is 33.6 Å². The van der Waals surface area contributed by atoms with E-state index in [9.17, 15) is 0 Å². The third kappa shape index (κ3) is 5.07. The van der Waals surface area contributed by atoms with Gasteiger partial charge in [-0.3, -0.25) is 4.90 Å². The van der Waals surface area contributed by atoms with E-state index >= 15 is 0 Å². The standard InChI is InChI=1S/C17H34N2/c1-5-14(4)19-11-16(8-15-6-7-15)9-17(12-19)18-10-13(2)3/h13-18H,5-12H2,1-4H3. The molecule has 2 aliphatic rings. The van der Waals surface area contributed by atoms with Crippen molar-refractivity contribution in [3.05, 3.63) is 0 Å². The number of nitrogens with one attached hydrogen (secondary N) is 1. The number of piperidine rings is 1. The van der Waals surface area contributed by atoms with Crippen LogP contribution in [0.5, 0.6) is 0 Å². The molecule has 2 fully saturated rings. The fraction of sp³-hybridized carbons (Fsp3) is 1.00. The summed E-state index contributed by atoms with van der Waals surface area (Å²) in [7, 11) is 0. The third-order valence-electron chi connectivity index (χ3n) is 4.96. The van der Waals surface area contributed by atoms with Crippen molar-refractivity contribution in [3.63, 3.8) is 0 Å². The molecule has 2 heteroatoms. The molecular formula is C17H34N2. The van der Waals surface area contributed by atoms with E-state index in [4.69, 9.17) is 0 Å². The van der Waals surface area contributed by atoms with Crippen molar-refractivity contribution in [1.82, 2.24) is 10.2 Å². The molecule has 2 rings (SSSR count). The molecule has 3 atom stereocenters. The Morgan fingerprint density at radius 2 is 1.84 bits per heavy atom. The van der Waals surface area contributed by atoms with Gasteiger partial charge in [0.1, 0.15) is 0 Å². The number of likely N-dealkylation sites (tertiary alicyclic amines) is 1. The Hall–Kier alpha value is -0.0800. The maximum atomic E-state index is 3.81. The zero-order valence-corrected chi connectivity index (χ0v) is 13.5. The van der Waals surface area contributed by atoms with Gasteiger partial charge in [0.25, 0.3) is 0 Å². The highest BCUT2D eigenvalue weighted by Gasteiger charge is 2.33. The second-order valence-corrected chi connectivity index (χ2v) is 7.49. The first-order chi connectivity index (χ1) is 9.08. The van der Waals surface area contributed by atoms with Crippen LogP contribution < -0.4 is 5.32 Å². The van der Waals surface area contributed by atoms with E-state index in [1.165, 1.54) is 51.7 Å². The zero-order chi connectivity index (χ0) is 13.8. The van der Waals surface area contributed by atoms with E-state index in [-0.39, 0.29) is 0 Å². The number of rotatable bonds is 7. The van der Waals surface area contributed by atoms with Crippen molar-refractivity contribution in [2.75, 3.05) is 19.6 Å². The third-order valence-corrected chi connectivity index (χ3v) is 4.96. The highest BCUT2D eigenvalue weighted by molar-refractivity contribution is 4.88. The van der Waals surface area contributed by atoms with Gasteiger partial charge in [-0.15, -0.1) is 0 Å². The Morgan fingerprint density at radius 1 is 1.11 bits per heavy atom. The summed E-state index contributed by atoms with van der Waals surface area (Å²) in [5.41, 5.74) is 0. The normalized spacial score (nSPS) is 30.8. The lowest BCUT2D eigenvalue weighted by Gasteiger charge is -2.41. The first-order valence-electron chi connectivity index (χ1n) is 8.55. The van der Waals surface area contributed by atoms with Crippen molar-refractivity contribution in [2.45, 2.75) is 71.9 Å². The van der Waals surface area contributed by atoms with Crippen LogP contribution in [0.1, 0.15) is 59.8 Å². The van der Waals surface area contributed by atoms with E-state index in [2.05, 4.69) is 37.9 Å². The average molecular weight is 266 g/mol. The maximum Gasteiger partial charge on any atom is 0.0198 e. The monoisotopic (exact) mass is 266 g/mol. The lowest BCUT2D eigenvalue weighted by Crippen LogP contribution is -2.52. The Morgan fingerprint density at radius 3 is 2.42 bits per heavy atom. The van der Waals surface area contributed by atoms with Crippen LogP contribution in [0.3, 0.4) is 0 Å². The molecule has 112 valence electrons. The molecule has 0 amide bonds. The molecular weight excluding hydrogens is 232 g/mol. The molecule has 0 bridgehead atoms. The highest BCUT2D eigenvalue weighted by Crippen LogP contribution is 2.38. The van der Waals surface area contributed by atoms with Gasteiger partial charge in [0, 0.05) is 25.2 Å². The summed E-state index contributed by atoms with van der Waals surface area (Å²) < 4.78 is 0. The molecule has 2 nitrogen and oxygen atoms in total. The van der Waals surface area contributed by atoms with Crippen molar-refractivity contribution in [1.29, 1.82) is 0 Å². The molecule has 0 aromatic rings. The largest absolute Gasteiger partial charge is 0.312 e. The molecule has 0 aromatic carbocycles. The Labute approximate surface area is 120 Å². The van der Waals surface area contributed by atoms with Crippen LogP contribution >= 0.6 is 0 Å². The van der Waals surface area contributed by atoms with E-state index < -0.39 is 0 Å². The van der Waals surface area contributed by atoms with Gasteiger partial charge < -0.3 is 5.32 Å². The van der Waals surface area contributed by atoms with Crippen molar-refractivity contribution in [2.24, 2.45) is 17.8 Å². The van der Waals surface area contributed by atoms with Gasteiger partial charge in [0.05, 0.1) is 0 Å². The molecule has 1 saturated heterocycles. The van der Waals surface area contributed by atoms with Crippen LogP contribution in [0.15, 0.2) is 0 Å². The minimum absolute atomic E-state index is 0.730. The maximum absolute atomic E-state index is 3.81. The number of nitrogens with zero attached hydrogens (tertiary/aromatic N) is 1. The lowest BCUT2D eigenvalue weighted by molar-refractivity contribution is 0.0950. The molecule has 1 N–H and O–H groups in total.